The Bertz CT molecular complexity index is 1200. The molecule has 0 saturated carbocycles. The molecule has 3 aromatic rings. The minimum atomic E-state index is -4.53. The Morgan fingerprint density at radius 1 is 1.16 bits per heavy atom. The van der Waals surface area contributed by atoms with Gasteiger partial charge in [-0.15, -0.1) is 11.3 Å². The minimum Gasteiger partial charge on any atom is -0.327 e. The largest absolute Gasteiger partial charge is 0.433 e. The van der Waals surface area contributed by atoms with Crippen LogP contribution in [0, 0.1) is 0 Å². The molecule has 10 heteroatoms. The van der Waals surface area contributed by atoms with Crippen molar-refractivity contribution >= 4 is 29.2 Å². The van der Waals surface area contributed by atoms with Crippen molar-refractivity contribution in [1.82, 2.24) is 20.6 Å². The van der Waals surface area contributed by atoms with Crippen LogP contribution in [-0.4, -0.2) is 29.3 Å². The molecule has 1 unspecified atom stereocenters. The van der Waals surface area contributed by atoms with E-state index in [1.165, 1.54) is 17.4 Å². The SMILES string of the molecule is CN=Cc1ccc(-c2csc(C3=C(C)NC(=O)NC3c3ccc(C(F)(F)F)nc3)n2)cc1. The second-order valence-electron chi connectivity index (χ2n) is 7.09. The van der Waals surface area contributed by atoms with Gasteiger partial charge in [-0.25, -0.2) is 9.78 Å². The van der Waals surface area contributed by atoms with Crippen LogP contribution >= 0.6 is 11.3 Å². The number of rotatable bonds is 4. The van der Waals surface area contributed by atoms with Gasteiger partial charge in [0.2, 0.25) is 0 Å². The van der Waals surface area contributed by atoms with Crippen LogP contribution in [0.3, 0.4) is 0 Å². The van der Waals surface area contributed by atoms with Gasteiger partial charge in [0, 0.05) is 41.7 Å². The number of nitrogens with zero attached hydrogens (tertiary/aromatic N) is 3. The molecule has 0 spiro atoms. The third-order valence-electron chi connectivity index (χ3n) is 4.90. The number of pyridine rings is 1. The van der Waals surface area contributed by atoms with Crippen LogP contribution in [-0.2, 0) is 6.18 Å². The highest BCUT2D eigenvalue weighted by molar-refractivity contribution is 7.11. The molecule has 2 N–H and O–H groups in total. The normalized spacial score (nSPS) is 16.9. The number of hydrogen-bond acceptors (Lipinski definition) is 5. The minimum absolute atomic E-state index is 0.433. The number of aliphatic imine (C=N–C) groups is 1. The molecule has 0 aliphatic carbocycles. The first-order valence-electron chi connectivity index (χ1n) is 9.56. The van der Waals surface area contributed by atoms with E-state index in [0.717, 1.165) is 29.1 Å². The molecule has 0 radical (unpaired) electrons. The second-order valence-corrected chi connectivity index (χ2v) is 7.95. The van der Waals surface area contributed by atoms with Crippen molar-refractivity contribution in [2.24, 2.45) is 4.99 Å². The van der Waals surface area contributed by atoms with Crippen molar-refractivity contribution in [3.8, 4) is 11.3 Å². The van der Waals surface area contributed by atoms with Crippen LogP contribution < -0.4 is 10.6 Å². The molecule has 2 amide bonds. The van der Waals surface area contributed by atoms with Crippen molar-refractivity contribution in [2.75, 3.05) is 7.05 Å². The molecule has 32 heavy (non-hydrogen) atoms. The van der Waals surface area contributed by atoms with Gasteiger partial charge in [0.1, 0.15) is 10.7 Å². The monoisotopic (exact) mass is 457 g/mol. The molecule has 164 valence electrons. The standard InChI is InChI=1S/C22H18F3N5OS/c1-12-18(20-29-16(11-32-20)14-5-3-13(4-6-14)9-26-2)19(30-21(31)28-12)15-7-8-17(27-10-15)22(23,24)25/h3-11,19H,1-2H3,(H2,28,30,31). The number of nitrogens with one attached hydrogen (secondary N) is 2. The highest BCUT2D eigenvalue weighted by atomic mass is 32.1. The Hall–Kier alpha value is -3.53. The summed E-state index contributed by atoms with van der Waals surface area (Å²) in [5.41, 5.74) is 3.34. The zero-order chi connectivity index (χ0) is 22.9. The summed E-state index contributed by atoms with van der Waals surface area (Å²) in [6.45, 7) is 1.73. The summed E-state index contributed by atoms with van der Waals surface area (Å²) in [6, 6.07) is 8.86. The van der Waals surface area contributed by atoms with Gasteiger partial charge in [-0.1, -0.05) is 30.3 Å². The molecule has 2 aromatic heterocycles. The number of hydrogen-bond donors (Lipinski definition) is 2. The Morgan fingerprint density at radius 2 is 1.91 bits per heavy atom. The van der Waals surface area contributed by atoms with Crippen molar-refractivity contribution in [2.45, 2.75) is 19.1 Å². The van der Waals surface area contributed by atoms with Crippen molar-refractivity contribution in [3.63, 3.8) is 0 Å². The maximum absolute atomic E-state index is 12.9. The Kier molecular flexibility index (Phi) is 5.79. The summed E-state index contributed by atoms with van der Waals surface area (Å²) in [5.74, 6) is 0. The van der Waals surface area contributed by atoms with Crippen molar-refractivity contribution < 1.29 is 18.0 Å². The summed E-state index contributed by atoms with van der Waals surface area (Å²) in [4.78, 5) is 24.3. The fourth-order valence-electron chi connectivity index (χ4n) is 3.39. The third-order valence-corrected chi connectivity index (χ3v) is 5.77. The number of allylic oxidation sites excluding steroid dienone is 1. The summed E-state index contributed by atoms with van der Waals surface area (Å²) < 4.78 is 38.7. The first kappa shape index (κ1) is 21.7. The zero-order valence-electron chi connectivity index (χ0n) is 17.1. The first-order valence-corrected chi connectivity index (χ1v) is 10.4. The van der Waals surface area contributed by atoms with Gasteiger partial charge in [-0.2, -0.15) is 13.2 Å². The maximum Gasteiger partial charge on any atom is 0.433 e. The van der Waals surface area contributed by atoms with Crippen LogP contribution in [0.1, 0.15) is 34.8 Å². The number of carbonyl (C=O) groups excluding carboxylic acids is 1. The van der Waals surface area contributed by atoms with Gasteiger partial charge >= 0.3 is 12.2 Å². The predicted octanol–water partition coefficient (Wildman–Crippen LogP) is 5.06. The fraction of sp³-hybridized carbons (Fsp3) is 0.182. The number of alkyl halides is 3. The molecule has 1 atom stereocenters. The van der Waals surface area contributed by atoms with Gasteiger partial charge in [0.15, 0.2) is 0 Å². The van der Waals surface area contributed by atoms with E-state index in [1.54, 1.807) is 20.2 Å². The van der Waals surface area contributed by atoms with Gasteiger partial charge in [0.25, 0.3) is 0 Å². The molecule has 0 saturated heterocycles. The number of thiazole rings is 1. The maximum atomic E-state index is 12.9. The number of benzene rings is 1. The smallest absolute Gasteiger partial charge is 0.327 e. The highest BCUT2D eigenvalue weighted by Gasteiger charge is 2.34. The Morgan fingerprint density at radius 3 is 2.53 bits per heavy atom. The van der Waals surface area contributed by atoms with E-state index in [0.29, 0.717) is 21.8 Å². The molecule has 3 heterocycles. The zero-order valence-corrected chi connectivity index (χ0v) is 17.9. The van der Waals surface area contributed by atoms with E-state index in [2.05, 4.69) is 20.6 Å². The molecule has 1 aromatic carbocycles. The number of carbonyl (C=O) groups is 1. The molecular formula is C22H18F3N5OS. The van der Waals surface area contributed by atoms with Gasteiger partial charge in [0.05, 0.1) is 11.7 Å². The third kappa shape index (κ3) is 4.40. The van der Waals surface area contributed by atoms with Crippen LogP contribution in [0.25, 0.3) is 16.8 Å². The lowest BCUT2D eigenvalue weighted by atomic mass is 9.97. The van der Waals surface area contributed by atoms with Gasteiger partial charge < -0.3 is 10.6 Å². The van der Waals surface area contributed by atoms with E-state index < -0.39 is 23.9 Å². The molecule has 0 bridgehead atoms. The van der Waals surface area contributed by atoms with E-state index in [9.17, 15) is 18.0 Å². The second kappa shape index (κ2) is 8.54. The van der Waals surface area contributed by atoms with Crippen LogP contribution in [0.2, 0.25) is 0 Å². The molecule has 1 aliphatic rings. The summed E-state index contributed by atoms with van der Waals surface area (Å²) in [6.07, 6.45) is -1.65. The van der Waals surface area contributed by atoms with Crippen molar-refractivity contribution in [3.05, 3.63) is 75.5 Å². The lowest BCUT2D eigenvalue weighted by molar-refractivity contribution is -0.141. The number of aromatic nitrogens is 2. The molecule has 6 nitrogen and oxygen atoms in total. The number of urea groups is 1. The molecule has 1 aliphatic heterocycles. The highest BCUT2D eigenvalue weighted by Crippen LogP contribution is 2.38. The number of amides is 2. The molecular weight excluding hydrogens is 439 g/mol. The van der Waals surface area contributed by atoms with Gasteiger partial charge in [-0.3, -0.25) is 9.98 Å². The quantitative estimate of drug-likeness (QED) is 0.538. The Labute approximate surface area is 186 Å². The van der Waals surface area contributed by atoms with E-state index in [1.807, 2.05) is 29.6 Å². The van der Waals surface area contributed by atoms with Crippen molar-refractivity contribution in [1.29, 1.82) is 0 Å². The first-order chi connectivity index (χ1) is 15.3. The van der Waals surface area contributed by atoms with Crippen LogP contribution in [0.15, 0.2) is 58.7 Å². The van der Waals surface area contributed by atoms with E-state index >= 15 is 0 Å². The summed E-state index contributed by atoms with van der Waals surface area (Å²) in [5, 5.41) is 8.03. The lowest BCUT2D eigenvalue weighted by Crippen LogP contribution is -2.42. The summed E-state index contributed by atoms with van der Waals surface area (Å²) in [7, 11) is 1.70. The van der Waals surface area contributed by atoms with Crippen LogP contribution in [0.4, 0.5) is 18.0 Å². The lowest BCUT2D eigenvalue weighted by Gasteiger charge is -2.28. The van der Waals surface area contributed by atoms with E-state index in [4.69, 9.17) is 4.98 Å². The fourth-order valence-corrected chi connectivity index (χ4v) is 4.35. The van der Waals surface area contributed by atoms with E-state index in [-0.39, 0.29) is 0 Å². The summed E-state index contributed by atoms with van der Waals surface area (Å²) >= 11 is 1.39. The molecule has 0 fully saturated rings. The van der Waals surface area contributed by atoms with Gasteiger partial charge in [-0.05, 0) is 24.1 Å². The average molecular weight is 457 g/mol. The topological polar surface area (TPSA) is 79.3 Å². The van der Waals surface area contributed by atoms with Crippen LogP contribution in [0.5, 0.6) is 0 Å². The predicted molar refractivity (Wildman–Crippen MR) is 117 cm³/mol. The average Bonchev–Trinajstić information content (AvgIpc) is 3.23. The molecule has 4 rings (SSSR count). The number of halogens is 3. The Balaban J connectivity index is 1.69.